The van der Waals surface area contributed by atoms with Gasteiger partial charge in [-0.1, -0.05) is 18.2 Å². The largest absolute Gasteiger partial charge is 0.507 e. The van der Waals surface area contributed by atoms with Crippen LogP contribution >= 0.6 is 0 Å². The molecule has 0 bridgehead atoms. The summed E-state index contributed by atoms with van der Waals surface area (Å²) in [6.45, 7) is 3.49. The Bertz CT molecular complexity index is 869. The number of rotatable bonds is 8. The fraction of sp³-hybridized carbons (Fsp3) is 0.167. The van der Waals surface area contributed by atoms with Gasteiger partial charge >= 0.3 is 5.97 Å². The highest BCUT2D eigenvalue weighted by Crippen LogP contribution is 2.23. The first-order chi connectivity index (χ1) is 11.8. The molecule has 0 heterocycles. The average Bonchev–Trinajstić information content (AvgIpc) is 2.57. The van der Waals surface area contributed by atoms with Crippen LogP contribution in [-0.2, 0) is 16.3 Å². The Balaban J connectivity index is 2.01. The minimum atomic E-state index is -3.51. The lowest BCUT2D eigenvalue weighted by molar-refractivity contribution is 0.0693. The third-order valence-electron chi connectivity index (χ3n) is 3.48. The van der Waals surface area contributed by atoms with Crippen molar-refractivity contribution in [2.75, 3.05) is 12.4 Å². The second-order valence-corrected chi connectivity index (χ2v) is 7.40. The zero-order valence-electron chi connectivity index (χ0n) is 13.4. The van der Waals surface area contributed by atoms with Crippen molar-refractivity contribution in [2.45, 2.75) is 11.3 Å². The van der Waals surface area contributed by atoms with Gasteiger partial charge < -0.3 is 14.9 Å². The molecule has 25 heavy (non-hydrogen) atoms. The molecule has 0 atom stereocenters. The highest BCUT2D eigenvalue weighted by molar-refractivity contribution is 7.91. The number of carbonyl (C=O) groups is 1. The van der Waals surface area contributed by atoms with Crippen molar-refractivity contribution in [2.24, 2.45) is 0 Å². The fourth-order valence-electron chi connectivity index (χ4n) is 2.16. The minimum absolute atomic E-state index is 0.138. The maximum Gasteiger partial charge on any atom is 0.339 e. The molecular weight excluding hydrogens is 344 g/mol. The van der Waals surface area contributed by atoms with E-state index in [-0.39, 0.29) is 34.3 Å². The minimum Gasteiger partial charge on any atom is -0.507 e. The summed E-state index contributed by atoms with van der Waals surface area (Å²) < 4.78 is 29.9. The summed E-state index contributed by atoms with van der Waals surface area (Å²) in [6, 6.07) is 10.2. The molecule has 0 aliphatic carbocycles. The van der Waals surface area contributed by atoms with Gasteiger partial charge in [0.05, 0.1) is 10.6 Å². The van der Waals surface area contributed by atoms with Crippen LogP contribution in [0.15, 0.2) is 60.0 Å². The monoisotopic (exact) mass is 362 g/mol. The van der Waals surface area contributed by atoms with E-state index in [4.69, 9.17) is 9.84 Å². The maximum absolute atomic E-state index is 12.3. The van der Waals surface area contributed by atoms with E-state index >= 15 is 0 Å². The number of aromatic hydroxyl groups is 1. The summed E-state index contributed by atoms with van der Waals surface area (Å²) in [7, 11) is -3.51. The number of aromatic carboxylic acids is 1. The average molecular weight is 362 g/mol. The third kappa shape index (κ3) is 4.84. The van der Waals surface area contributed by atoms with E-state index in [1.54, 1.807) is 18.2 Å². The predicted octanol–water partition coefficient (Wildman–Crippen LogP) is 2.67. The van der Waals surface area contributed by atoms with Crippen molar-refractivity contribution in [1.82, 2.24) is 0 Å². The van der Waals surface area contributed by atoms with Crippen molar-refractivity contribution in [1.29, 1.82) is 0 Å². The van der Waals surface area contributed by atoms with Gasteiger partial charge in [-0.3, -0.25) is 0 Å². The molecule has 2 N–H and O–H groups in total. The van der Waals surface area contributed by atoms with Gasteiger partial charge in [-0.2, -0.15) is 0 Å². The van der Waals surface area contributed by atoms with Crippen LogP contribution in [0.5, 0.6) is 11.5 Å². The number of ether oxygens (including phenoxy) is 1. The first-order valence-corrected chi connectivity index (χ1v) is 9.10. The van der Waals surface area contributed by atoms with Crippen LogP contribution in [0.3, 0.4) is 0 Å². The zero-order valence-corrected chi connectivity index (χ0v) is 14.2. The summed E-state index contributed by atoms with van der Waals surface area (Å²) in [5.41, 5.74) is 0.661. The molecule has 2 rings (SSSR count). The molecule has 0 radical (unpaired) electrons. The highest BCUT2D eigenvalue weighted by atomic mass is 32.2. The second-order valence-electron chi connectivity index (χ2n) is 5.29. The Hall–Kier alpha value is -2.80. The Morgan fingerprint density at radius 1 is 1.16 bits per heavy atom. The third-order valence-corrected chi connectivity index (χ3v) is 5.18. The van der Waals surface area contributed by atoms with Gasteiger partial charge in [0.2, 0.25) is 0 Å². The van der Waals surface area contributed by atoms with Crippen LogP contribution in [0.2, 0.25) is 0 Å². The summed E-state index contributed by atoms with van der Waals surface area (Å²) in [4.78, 5) is 11.1. The number of sulfone groups is 1. The molecule has 0 aliphatic heterocycles. The number of benzene rings is 2. The molecule has 2 aromatic rings. The van der Waals surface area contributed by atoms with E-state index in [0.717, 1.165) is 11.6 Å². The smallest absolute Gasteiger partial charge is 0.339 e. The van der Waals surface area contributed by atoms with E-state index < -0.39 is 15.8 Å². The van der Waals surface area contributed by atoms with Crippen LogP contribution in [0.25, 0.3) is 0 Å². The van der Waals surface area contributed by atoms with E-state index in [0.29, 0.717) is 6.42 Å². The quantitative estimate of drug-likeness (QED) is 0.700. The number of allylic oxidation sites excluding steroid dienone is 1. The Labute approximate surface area is 145 Å². The van der Waals surface area contributed by atoms with Crippen LogP contribution < -0.4 is 4.74 Å². The second kappa shape index (κ2) is 7.85. The summed E-state index contributed by atoms with van der Waals surface area (Å²) in [5.74, 6) is -1.76. The van der Waals surface area contributed by atoms with Crippen LogP contribution in [0, 0.1) is 0 Å². The molecule has 0 saturated carbocycles. The van der Waals surface area contributed by atoms with E-state index in [2.05, 4.69) is 6.58 Å². The standard InChI is InChI=1S/C18H18O6S/c1-2-3-13-4-7-15(8-5-13)25(22,23)11-10-24-14-6-9-17(19)16(12-14)18(20)21/h2,4-9,12,19H,1,3,10-11H2,(H,20,21). The van der Waals surface area contributed by atoms with Gasteiger partial charge in [-0.05, 0) is 42.3 Å². The lowest BCUT2D eigenvalue weighted by atomic mass is 10.2. The number of hydrogen-bond donors (Lipinski definition) is 2. The summed E-state index contributed by atoms with van der Waals surface area (Å²) in [5, 5.41) is 18.4. The number of hydrogen-bond acceptors (Lipinski definition) is 5. The van der Waals surface area contributed by atoms with Gasteiger partial charge in [0.15, 0.2) is 9.84 Å². The van der Waals surface area contributed by atoms with Gasteiger partial charge in [-0.15, -0.1) is 6.58 Å². The summed E-state index contributed by atoms with van der Waals surface area (Å²) in [6.07, 6.45) is 2.40. The van der Waals surface area contributed by atoms with Crippen LogP contribution in [0.1, 0.15) is 15.9 Å². The lowest BCUT2D eigenvalue weighted by Crippen LogP contribution is -2.14. The van der Waals surface area contributed by atoms with Crippen LogP contribution in [-0.4, -0.2) is 37.0 Å². The molecule has 6 nitrogen and oxygen atoms in total. The molecule has 0 aromatic heterocycles. The van der Waals surface area contributed by atoms with Crippen molar-refractivity contribution in [3.8, 4) is 11.5 Å². The molecular formula is C18H18O6S. The number of carboxylic acid groups (broad SMARTS) is 1. The molecule has 132 valence electrons. The van der Waals surface area contributed by atoms with Gasteiger partial charge in [-0.25, -0.2) is 13.2 Å². The lowest BCUT2D eigenvalue weighted by Gasteiger charge is -2.09. The normalized spacial score (nSPS) is 11.0. The van der Waals surface area contributed by atoms with Gasteiger partial charge in [0.1, 0.15) is 23.7 Å². The fourth-order valence-corrected chi connectivity index (χ4v) is 3.25. The van der Waals surface area contributed by atoms with Gasteiger partial charge in [0, 0.05) is 0 Å². The molecule has 0 amide bonds. The van der Waals surface area contributed by atoms with E-state index in [1.807, 2.05) is 0 Å². The molecule has 0 spiro atoms. The SMILES string of the molecule is C=CCc1ccc(S(=O)(=O)CCOc2ccc(O)c(C(=O)O)c2)cc1. The molecule has 2 aromatic carbocycles. The number of phenols is 1. The first kappa shape index (κ1) is 18.5. The highest BCUT2D eigenvalue weighted by Gasteiger charge is 2.15. The molecule has 7 heteroatoms. The van der Waals surface area contributed by atoms with Gasteiger partial charge in [0.25, 0.3) is 0 Å². The Morgan fingerprint density at radius 2 is 1.84 bits per heavy atom. The topological polar surface area (TPSA) is 101 Å². The predicted molar refractivity (Wildman–Crippen MR) is 93.0 cm³/mol. The first-order valence-electron chi connectivity index (χ1n) is 7.45. The van der Waals surface area contributed by atoms with E-state index in [9.17, 15) is 18.3 Å². The molecule has 0 fully saturated rings. The summed E-state index contributed by atoms with van der Waals surface area (Å²) >= 11 is 0. The van der Waals surface area contributed by atoms with E-state index in [1.165, 1.54) is 24.3 Å². The van der Waals surface area contributed by atoms with Crippen molar-refractivity contribution in [3.05, 3.63) is 66.2 Å². The Kier molecular flexibility index (Phi) is 5.82. The van der Waals surface area contributed by atoms with Crippen molar-refractivity contribution in [3.63, 3.8) is 0 Å². The zero-order chi connectivity index (χ0) is 18.4. The molecule has 0 unspecified atom stereocenters. The van der Waals surface area contributed by atoms with Crippen molar-refractivity contribution < 1.29 is 28.2 Å². The molecule has 0 aliphatic rings. The maximum atomic E-state index is 12.3. The van der Waals surface area contributed by atoms with Crippen LogP contribution in [0.4, 0.5) is 0 Å². The van der Waals surface area contributed by atoms with Crippen molar-refractivity contribution >= 4 is 15.8 Å². The molecule has 0 saturated heterocycles. The number of carboxylic acids is 1. The Morgan fingerprint density at radius 3 is 2.44 bits per heavy atom.